The van der Waals surface area contributed by atoms with E-state index in [0.717, 1.165) is 38.6 Å². The lowest BCUT2D eigenvalue weighted by Crippen LogP contribution is -2.40. The number of ether oxygens (including phenoxy) is 3. The van der Waals surface area contributed by atoms with Crippen molar-refractivity contribution in [3.05, 3.63) is 0 Å². The Kier molecular flexibility index (Phi) is 7.11. The second-order valence-electron chi connectivity index (χ2n) is 6.26. The lowest BCUT2D eigenvalue weighted by Gasteiger charge is -2.23. The van der Waals surface area contributed by atoms with E-state index in [1.165, 1.54) is 13.3 Å². The molecule has 23 heavy (non-hydrogen) atoms. The van der Waals surface area contributed by atoms with Crippen LogP contribution in [0.25, 0.3) is 0 Å². The molecule has 7 nitrogen and oxygen atoms in total. The first-order valence-electron chi connectivity index (χ1n) is 8.56. The van der Waals surface area contributed by atoms with E-state index < -0.39 is 12.4 Å². The maximum atomic E-state index is 12.2. The van der Waals surface area contributed by atoms with Gasteiger partial charge in [0, 0.05) is 19.5 Å². The number of carbonyl (C=O) groups is 2. The fourth-order valence-electron chi connectivity index (χ4n) is 3.24. The van der Waals surface area contributed by atoms with Crippen molar-refractivity contribution >= 4 is 12.1 Å². The Morgan fingerprint density at radius 1 is 1.17 bits per heavy atom. The lowest BCUT2D eigenvalue weighted by molar-refractivity contribution is -0.174. The quantitative estimate of drug-likeness (QED) is 0.565. The number of rotatable bonds is 6. The van der Waals surface area contributed by atoms with E-state index >= 15 is 0 Å². The Morgan fingerprint density at radius 2 is 1.91 bits per heavy atom. The van der Waals surface area contributed by atoms with Gasteiger partial charge in [0.1, 0.15) is 6.10 Å². The van der Waals surface area contributed by atoms with Crippen molar-refractivity contribution in [1.82, 2.24) is 10.6 Å². The first kappa shape index (κ1) is 18.0. The predicted molar refractivity (Wildman–Crippen MR) is 83.8 cm³/mol. The van der Waals surface area contributed by atoms with E-state index in [2.05, 4.69) is 10.6 Å². The third kappa shape index (κ3) is 5.66. The molecule has 2 N–H and O–H groups in total. The van der Waals surface area contributed by atoms with Gasteiger partial charge < -0.3 is 24.8 Å². The maximum absolute atomic E-state index is 12.2. The highest BCUT2D eigenvalue weighted by molar-refractivity contribution is 5.74. The third-order valence-electron chi connectivity index (χ3n) is 4.43. The largest absolute Gasteiger partial charge is 0.511 e. The molecule has 0 spiro atoms. The van der Waals surface area contributed by atoms with Gasteiger partial charge >= 0.3 is 12.1 Å². The van der Waals surface area contributed by atoms with Crippen LogP contribution >= 0.6 is 0 Å². The lowest BCUT2D eigenvalue weighted by atomic mass is 9.98. The van der Waals surface area contributed by atoms with E-state index in [-0.39, 0.29) is 24.0 Å². The molecule has 2 rings (SSSR count). The second-order valence-corrected chi connectivity index (χ2v) is 6.26. The monoisotopic (exact) mass is 328 g/mol. The number of hydrogen-bond acceptors (Lipinski definition) is 7. The molecule has 0 aromatic rings. The summed E-state index contributed by atoms with van der Waals surface area (Å²) in [5, 5.41) is 6.31. The summed E-state index contributed by atoms with van der Waals surface area (Å²) in [6.45, 7) is 3.01. The third-order valence-corrected chi connectivity index (χ3v) is 4.43. The summed E-state index contributed by atoms with van der Waals surface area (Å²) in [5.74, 6) is -0.559. The molecule has 1 heterocycles. The number of hydrogen-bond donors (Lipinski definition) is 2. The van der Waals surface area contributed by atoms with Crippen molar-refractivity contribution in [2.75, 3.05) is 20.1 Å². The van der Waals surface area contributed by atoms with Gasteiger partial charge in [-0.15, -0.1) is 0 Å². The van der Waals surface area contributed by atoms with Crippen LogP contribution < -0.4 is 10.6 Å². The van der Waals surface area contributed by atoms with Crippen LogP contribution in [0.1, 0.15) is 45.4 Å². The van der Waals surface area contributed by atoms with Crippen molar-refractivity contribution in [3.8, 4) is 0 Å². The highest BCUT2D eigenvalue weighted by atomic mass is 16.8. The molecule has 1 unspecified atom stereocenters. The molecular formula is C16H28N2O5. The van der Waals surface area contributed by atoms with Gasteiger partial charge in [-0.05, 0) is 45.7 Å². The second kappa shape index (κ2) is 9.08. The van der Waals surface area contributed by atoms with Gasteiger partial charge in [0.2, 0.25) is 6.29 Å². The molecule has 0 radical (unpaired) electrons. The molecular weight excluding hydrogens is 300 g/mol. The first-order chi connectivity index (χ1) is 11.1. The molecule has 1 saturated carbocycles. The molecule has 2 aliphatic rings. The molecule has 0 aromatic heterocycles. The zero-order valence-electron chi connectivity index (χ0n) is 14.0. The molecule has 1 aliphatic carbocycles. The Balaban J connectivity index is 1.71. The number of carbonyl (C=O) groups excluding carboxylic acids is 2. The summed E-state index contributed by atoms with van der Waals surface area (Å²) < 4.78 is 15.5. The van der Waals surface area contributed by atoms with Crippen LogP contribution in [-0.4, -0.2) is 50.7 Å². The predicted octanol–water partition coefficient (Wildman–Crippen LogP) is 1.56. The zero-order valence-corrected chi connectivity index (χ0v) is 14.0. The summed E-state index contributed by atoms with van der Waals surface area (Å²) in [5.41, 5.74) is 0. The number of nitrogens with one attached hydrogen (secondary N) is 2. The van der Waals surface area contributed by atoms with Crippen molar-refractivity contribution in [2.24, 2.45) is 5.92 Å². The highest BCUT2D eigenvalue weighted by Crippen LogP contribution is 2.21. The van der Waals surface area contributed by atoms with Crippen LogP contribution in [0.15, 0.2) is 0 Å². The maximum Gasteiger partial charge on any atom is 0.511 e. The van der Waals surface area contributed by atoms with Gasteiger partial charge in [-0.25, -0.2) is 4.79 Å². The van der Waals surface area contributed by atoms with Crippen LogP contribution in [0, 0.1) is 5.92 Å². The normalized spacial score (nSPS) is 26.5. The topological polar surface area (TPSA) is 85.9 Å². The molecule has 1 saturated heterocycles. The Bertz CT molecular complexity index is 398. The molecule has 0 bridgehead atoms. The van der Waals surface area contributed by atoms with Crippen molar-refractivity contribution < 1.29 is 23.8 Å². The van der Waals surface area contributed by atoms with Gasteiger partial charge in [-0.2, -0.15) is 0 Å². The number of esters is 1. The molecule has 3 atom stereocenters. The molecule has 0 aromatic carbocycles. The van der Waals surface area contributed by atoms with Gasteiger partial charge in [0.15, 0.2) is 0 Å². The Morgan fingerprint density at radius 3 is 2.61 bits per heavy atom. The van der Waals surface area contributed by atoms with Crippen LogP contribution in [0.5, 0.6) is 0 Å². The van der Waals surface area contributed by atoms with E-state index in [1.807, 2.05) is 7.05 Å². The minimum Gasteiger partial charge on any atom is -0.431 e. The smallest absolute Gasteiger partial charge is 0.431 e. The zero-order chi connectivity index (χ0) is 16.7. The van der Waals surface area contributed by atoms with Gasteiger partial charge in [-0.3, -0.25) is 4.79 Å². The minimum absolute atomic E-state index is 0.0499. The SMILES string of the molecule is CNC[C@@H]1NCC[C@@H]1C(=O)OC(C)OC(=O)OC1CCCCC1. The molecule has 7 heteroatoms. The van der Waals surface area contributed by atoms with Gasteiger partial charge in [0.05, 0.1) is 5.92 Å². The van der Waals surface area contributed by atoms with E-state index in [9.17, 15) is 9.59 Å². The van der Waals surface area contributed by atoms with Crippen LogP contribution in [-0.2, 0) is 19.0 Å². The standard InChI is InChI=1S/C16H28N2O5/c1-11(22-16(20)23-12-6-4-3-5-7-12)21-15(19)13-8-9-18-14(13)10-17-2/h11-14,17-18H,3-10H2,1-2H3/t11?,13-,14-/m0/s1. The Labute approximate surface area is 137 Å². The Hall–Kier alpha value is -1.34. The van der Waals surface area contributed by atoms with Gasteiger partial charge in [-0.1, -0.05) is 6.42 Å². The molecule has 1 aliphatic heterocycles. The summed E-state index contributed by atoms with van der Waals surface area (Å²) in [6.07, 6.45) is 4.05. The van der Waals surface area contributed by atoms with Crippen LogP contribution in [0.3, 0.4) is 0 Å². The van der Waals surface area contributed by atoms with E-state index in [1.54, 1.807) is 0 Å². The summed E-state index contributed by atoms with van der Waals surface area (Å²) in [7, 11) is 1.84. The summed E-state index contributed by atoms with van der Waals surface area (Å²) in [4.78, 5) is 23.9. The van der Waals surface area contributed by atoms with Crippen molar-refractivity contribution in [1.29, 1.82) is 0 Å². The first-order valence-corrected chi connectivity index (χ1v) is 8.56. The molecule has 132 valence electrons. The average Bonchev–Trinajstić information content (AvgIpc) is 2.96. The van der Waals surface area contributed by atoms with Crippen LogP contribution in [0.2, 0.25) is 0 Å². The van der Waals surface area contributed by atoms with Gasteiger partial charge in [0.25, 0.3) is 0 Å². The van der Waals surface area contributed by atoms with E-state index in [4.69, 9.17) is 14.2 Å². The molecule has 0 amide bonds. The fraction of sp³-hybridized carbons (Fsp3) is 0.875. The minimum atomic E-state index is -0.936. The average molecular weight is 328 g/mol. The fourth-order valence-corrected chi connectivity index (χ4v) is 3.24. The van der Waals surface area contributed by atoms with E-state index in [0.29, 0.717) is 6.54 Å². The summed E-state index contributed by atoms with van der Waals surface area (Å²) >= 11 is 0. The van der Waals surface area contributed by atoms with Crippen molar-refractivity contribution in [3.63, 3.8) is 0 Å². The van der Waals surface area contributed by atoms with Crippen LogP contribution in [0.4, 0.5) is 4.79 Å². The molecule has 2 fully saturated rings. The number of likely N-dealkylation sites (N-methyl/N-ethyl adjacent to an activating group) is 1. The summed E-state index contributed by atoms with van der Waals surface area (Å²) in [6, 6.07) is 0.0499. The van der Waals surface area contributed by atoms with Crippen molar-refractivity contribution in [2.45, 2.75) is 63.9 Å². The highest BCUT2D eigenvalue weighted by Gasteiger charge is 2.34.